The van der Waals surface area contributed by atoms with Crippen LogP contribution >= 0.6 is 30.9 Å². The van der Waals surface area contributed by atoms with Gasteiger partial charge in [0.1, 0.15) is 5.75 Å². The minimum absolute atomic E-state index is 0.0954. The van der Waals surface area contributed by atoms with Gasteiger partial charge in [-0.25, -0.2) is 15.2 Å². The molecular weight excluding hydrogens is 620 g/mol. The van der Waals surface area contributed by atoms with Crippen molar-refractivity contribution in [3.8, 4) is 5.75 Å². The van der Waals surface area contributed by atoms with E-state index in [0.29, 0.717) is 25.4 Å². The predicted molar refractivity (Wildman–Crippen MR) is 182 cm³/mol. The van der Waals surface area contributed by atoms with Crippen LogP contribution in [0.25, 0.3) is 21.8 Å². The van der Waals surface area contributed by atoms with Crippen LogP contribution in [0.5, 0.6) is 5.75 Å². The molecule has 0 amide bonds. The van der Waals surface area contributed by atoms with Crippen molar-refractivity contribution in [2.75, 3.05) is 56.4 Å². The fourth-order valence-electron chi connectivity index (χ4n) is 4.84. The van der Waals surface area contributed by atoms with Crippen LogP contribution in [0, 0.1) is 0 Å². The number of pyridine rings is 1. The Bertz CT molecular complexity index is 1440. The first-order valence-electron chi connectivity index (χ1n) is 14.9. The second-order valence-electron chi connectivity index (χ2n) is 10.2. The molecule has 0 saturated heterocycles. The fraction of sp³-hybridized carbons (Fsp3) is 0.406. The van der Waals surface area contributed by atoms with Crippen molar-refractivity contribution in [1.82, 2.24) is 15.0 Å². The van der Waals surface area contributed by atoms with Gasteiger partial charge in [-0.3, -0.25) is 4.57 Å². The Kier molecular flexibility index (Phi) is 14.0. The Labute approximate surface area is 269 Å². The van der Waals surface area contributed by atoms with Gasteiger partial charge in [-0.1, -0.05) is 48.5 Å². The number of fused-ring (bicyclic) bond motifs is 2. The highest BCUT2D eigenvalue weighted by atomic mass is 35.5. The molecule has 0 fully saturated rings. The molecule has 2 atom stereocenters. The number of aromatic nitrogens is 1. The number of nitrogens with two attached hydrogens (primary N) is 1. The number of anilines is 1. The molecule has 4 N–H and O–H groups in total. The van der Waals surface area contributed by atoms with Crippen LogP contribution in [-0.2, 0) is 20.4 Å². The second-order valence-corrected chi connectivity index (χ2v) is 12.9. The quantitative estimate of drug-likeness (QED) is 0.0304. The summed E-state index contributed by atoms with van der Waals surface area (Å²) >= 11 is 11.6. The molecule has 44 heavy (non-hydrogen) atoms. The van der Waals surface area contributed by atoms with Gasteiger partial charge in [-0.15, -0.1) is 23.2 Å². The van der Waals surface area contributed by atoms with E-state index in [9.17, 15) is 4.57 Å². The van der Waals surface area contributed by atoms with Crippen LogP contribution in [-0.4, -0.2) is 67.0 Å². The number of ether oxygens (including phenoxy) is 2. The number of alkyl halides is 2. The number of para-hydroxylation sites is 2. The molecule has 0 spiro atoms. The molecular formula is C32H42Cl2N5O4P. The van der Waals surface area contributed by atoms with Gasteiger partial charge >= 0.3 is 7.67 Å². The highest BCUT2D eigenvalue weighted by Crippen LogP contribution is 2.43. The molecule has 12 heteroatoms. The number of halogens is 2. The Morgan fingerprint density at radius 1 is 0.909 bits per heavy atom. The van der Waals surface area contributed by atoms with Crippen LogP contribution in [0.2, 0.25) is 0 Å². The molecule has 1 heterocycles. The van der Waals surface area contributed by atoms with Crippen LogP contribution in [0.4, 0.5) is 5.69 Å². The molecule has 0 bridgehead atoms. The van der Waals surface area contributed by atoms with Crippen molar-refractivity contribution in [1.29, 1.82) is 0 Å². The molecule has 3 aromatic carbocycles. The van der Waals surface area contributed by atoms with Gasteiger partial charge in [0, 0.05) is 61.7 Å². The highest BCUT2D eigenvalue weighted by molar-refractivity contribution is 7.53. The molecule has 4 aromatic rings. The van der Waals surface area contributed by atoms with Crippen molar-refractivity contribution in [2.45, 2.75) is 32.7 Å². The summed E-state index contributed by atoms with van der Waals surface area (Å²) in [4.78, 5) is 4.80. The molecule has 0 radical (unpaired) electrons. The lowest BCUT2D eigenvalue weighted by molar-refractivity contribution is -0.0804. The monoisotopic (exact) mass is 661 g/mol. The van der Waals surface area contributed by atoms with Gasteiger partial charge in [0.25, 0.3) is 0 Å². The third-order valence-corrected chi connectivity index (χ3v) is 9.05. The molecule has 4 rings (SSSR count). The van der Waals surface area contributed by atoms with Gasteiger partial charge < -0.3 is 24.6 Å². The first-order chi connectivity index (χ1) is 21.4. The Morgan fingerprint density at radius 2 is 1.55 bits per heavy atom. The Hall–Kier alpha value is -2.46. The van der Waals surface area contributed by atoms with E-state index < -0.39 is 7.67 Å². The maximum Gasteiger partial charge on any atom is 0.341 e. The zero-order chi connectivity index (χ0) is 31.2. The lowest BCUT2D eigenvalue weighted by atomic mass is 10.1. The summed E-state index contributed by atoms with van der Waals surface area (Å²) in [6, 6.07) is 23.9. The van der Waals surface area contributed by atoms with E-state index in [0.717, 1.165) is 65.5 Å². The number of hydrogen-bond donors (Lipinski definition) is 3. The molecule has 0 aliphatic carbocycles. The summed E-state index contributed by atoms with van der Waals surface area (Å²) in [6.45, 7) is 5.71. The fourth-order valence-corrected chi connectivity index (χ4v) is 6.74. The molecule has 0 aliphatic heterocycles. The summed E-state index contributed by atoms with van der Waals surface area (Å²) < 4.78 is 31.8. The zero-order valence-corrected chi connectivity index (χ0v) is 27.5. The largest absolute Gasteiger partial charge is 0.465 e. The first kappa shape index (κ1) is 34.4. The summed E-state index contributed by atoms with van der Waals surface area (Å²) in [5.41, 5.74) is 9.86. The topological polar surface area (TPSA) is 111 Å². The zero-order valence-electron chi connectivity index (χ0n) is 25.1. The molecule has 0 saturated carbocycles. The van der Waals surface area contributed by atoms with Gasteiger partial charge in [0.15, 0.2) is 6.29 Å². The summed E-state index contributed by atoms with van der Waals surface area (Å²) in [5, 5.41) is 9.39. The highest BCUT2D eigenvalue weighted by Gasteiger charge is 2.26. The van der Waals surface area contributed by atoms with Crippen LogP contribution < -0.4 is 20.9 Å². The van der Waals surface area contributed by atoms with E-state index >= 15 is 0 Å². The van der Waals surface area contributed by atoms with E-state index in [1.54, 1.807) is 0 Å². The molecule has 9 nitrogen and oxygen atoms in total. The standard InChI is InChI=1S/C32H42Cl2N5O4P/c1-2-41-31(43-26-15-13-25(14-16-26)24-42-44(35,40)39(22-17-33)23-18-34)12-7-19-36-20-21-37-32-27-8-3-5-10-29(27)38-30-11-6-4-9-28(30)32/h3-6,8-11,13-16,31,36H,2,7,12,17-24H2,1H3,(H2,35,40)(H,37,38). The van der Waals surface area contributed by atoms with Crippen LogP contribution in [0.15, 0.2) is 72.8 Å². The van der Waals surface area contributed by atoms with E-state index in [1.165, 1.54) is 4.67 Å². The molecule has 1 aromatic heterocycles. The number of nitrogens with one attached hydrogen (secondary N) is 2. The van der Waals surface area contributed by atoms with E-state index in [1.807, 2.05) is 67.6 Å². The lowest BCUT2D eigenvalue weighted by Gasteiger charge is -2.26. The van der Waals surface area contributed by atoms with E-state index in [-0.39, 0.29) is 24.7 Å². The van der Waals surface area contributed by atoms with Crippen molar-refractivity contribution in [3.63, 3.8) is 0 Å². The molecule has 0 aliphatic rings. The SMILES string of the molecule is CCOC(CCCNCCNc1c2ccccc2nc2ccccc12)Oc1ccc(COP(N)(=O)N(CCCl)CCCl)cc1. The third-order valence-electron chi connectivity index (χ3n) is 7.02. The minimum Gasteiger partial charge on any atom is -0.465 e. The van der Waals surface area contributed by atoms with Crippen LogP contribution in [0.3, 0.4) is 0 Å². The van der Waals surface area contributed by atoms with Gasteiger partial charge in [-0.2, -0.15) is 0 Å². The maximum atomic E-state index is 12.8. The smallest absolute Gasteiger partial charge is 0.341 e. The summed E-state index contributed by atoms with van der Waals surface area (Å²) in [7, 11) is -3.50. The third kappa shape index (κ3) is 10.0. The Morgan fingerprint density at radius 3 is 2.16 bits per heavy atom. The number of hydrogen-bond acceptors (Lipinski definition) is 7. The summed E-state index contributed by atoms with van der Waals surface area (Å²) in [6.07, 6.45) is 1.27. The molecule has 2 unspecified atom stereocenters. The number of benzene rings is 3. The van der Waals surface area contributed by atoms with Crippen molar-refractivity contribution < 1.29 is 18.6 Å². The average Bonchev–Trinajstić information content (AvgIpc) is 3.03. The number of rotatable bonds is 20. The van der Waals surface area contributed by atoms with Crippen molar-refractivity contribution >= 4 is 58.4 Å². The maximum absolute atomic E-state index is 12.8. The first-order valence-corrected chi connectivity index (χ1v) is 17.7. The number of nitrogens with zero attached hydrogens (tertiary/aromatic N) is 2. The summed E-state index contributed by atoms with van der Waals surface area (Å²) in [5.74, 6) is 1.25. The molecule has 238 valence electrons. The average molecular weight is 663 g/mol. The van der Waals surface area contributed by atoms with E-state index in [2.05, 4.69) is 22.8 Å². The second kappa shape index (κ2) is 17.9. The van der Waals surface area contributed by atoms with E-state index in [4.69, 9.17) is 47.7 Å². The van der Waals surface area contributed by atoms with Crippen molar-refractivity contribution in [2.24, 2.45) is 5.50 Å². The van der Waals surface area contributed by atoms with Gasteiger partial charge in [0.05, 0.1) is 23.3 Å². The van der Waals surface area contributed by atoms with Crippen LogP contribution in [0.1, 0.15) is 25.3 Å². The normalized spacial score (nSPS) is 13.8. The lowest BCUT2D eigenvalue weighted by Crippen LogP contribution is -2.29. The van der Waals surface area contributed by atoms with Gasteiger partial charge in [0.2, 0.25) is 0 Å². The predicted octanol–water partition coefficient (Wildman–Crippen LogP) is 6.97. The Balaban J connectivity index is 1.20. The minimum atomic E-state index is -3.50. The van der Waals surface area contributed by atoms with Crippen molar-refractivity contribution in [3.05, 3.63) is 78.4 Å². The van der Waals surface area contributed by atoms with Gasteiger partial charge in [-0.05, 0) is 49.7 Å².